The Hall–Kier alpha value is 0. The molecule has 0 N–H and O–H groups in total. The molecule has 8 atom stereocenters. The molecule has 0 bridgehead atoms. The smallest absolute Gasteiger partial charge is 0.0323 e. The Balaban J connectivity index is 1.46. The minimum absolute atomic E-state index is 0.576. The molecule has 0 amide bonds. The predicted octanol–water partition coefficient (Wildman–Crippen LogP) is 13.9. The largest absolute Gasteiger partial charge is 0.0625 e. The maximum absolute atomic E-state index is 2.54. The van der Waals surface area contributed by atoms with E-state index in [2.05, 4.69) is 69.2 Å². The van der Waals surface area contributed by atoms with Crippen molar-refractivity contribution >= 4 is 0 Å². The monoisotopic (exact) mass is 559 g/mol. The van der Waals surface area contributed by atoms with Gasteiger partial charge in [-0.15, -0.1) is 0 Å². The molecule has 40 heavy (non-hydrogen) atoms. The van der Waals surface area contributed by atoms with E-state index in [1.165, 1.54) is 128 Å². The maximum Gasteiger partial charge on any atom is -0.0323 e. The Kier molecular flexibility index (Phi) is 16.2. The molecule has 2 aliphatic carbocycles. The Morgan fingerprint density at radius 1 is 0.475 bits per heavy atom. The van der Waals surface area contributed by atoms with E-state index in [1.54, 1.807) is 0 Å². The third kappa shape index (κ3) is 13.1. The molecular formula is C40H78. The first-order chi connectivity index (χ1) is 18.8. The van der Waals surface area contributed by atoms with Gasteiger partial charge in [0.25, 0.3) is 0 Å². The molecule has 0 radical (unpaired) electrons. The van der Waals surface area contributed by atoms with Crippen molar-refractivity contribution in [3.05, 3.63) is 0 Å². The summed E-state index contributed by atoms with van der Waals surface area (Å²) in [6.07, 6.45) is 29.2. The van der Waals surface area contributed by atoms with E-state index in [-0.39, 0.29) is 0 Å². The Bertz CT molecular complexity index is 586. The van der Waals surface area contributed by atoms with Crippen molar-refractivity contribution in [2.75, 3.05) is 0 Å². The second kappa shape index (κ2) is 18.0. The van der Waals surface area contributed by atoms with Crippen LogP contribution in [-0.2, 0) is 0 Å². The van der Waals surface area contributed by atoms with Gasteiger partial charge >= 0.3 is 0 Å². The molecule has 2 rings (SSSR count). The van der Waals surface area contributed by atoms with Gasteiger partial charge in [-0.25, -0.2) is 0 Å². The highest BCUT2D eigenvalue weighted by Gasteiger charge is 2.37. The summed E-state index contributed by atoms with van der Waals surface area (Å²) in [7, 11) is 0. The lowest BCUT2D eigenvalue weighted by atomic mass is 9.62. The van der Waals surface area contributed by atoms with Gasteiger partial charge in [0, 0.05) is 0 Å². The summed E-state index contributed by atoms with van der Waals surface area (Å²) in [5, 5.41) is 0. The van der Waals surface area contributed by atoms with Crippen LogP contribution in [0.4, 0.5) is 0 Å². The van der Waals surface area contributed by atoms with E-state index in [0.717, 1.165) is 47.3 Å². The molecule has 0 aromatic rings. The van der Waals surface area contributed by atoms with Gasteiger partial charge in [0.05, 0.1) is 0 Å². The number of rotatable bonds is 19. The van der Waals surface area contributed by atoms with Crippen LogP contribution in [0.1, 0.15) is 198 Å². The predicted molar refractivity (Wildman–Crippen MR) is 182 cm³/mol. The molecule has 0 aromatic heterocycles. The van der Waals surface area contributed by atoms with Gasteiger partial charge in [-0.3, -0.25) is 0 Å². The number of hydrogen-bond donors (Lipinski definition) is 0. The molecule has 0 spiro atoms. The van der Waals surface area contributed by atoms with Crippen LogP contribution in [0.3, 0.4) is 0 Å². The van der Waals surface area contributed by atoms with Crippen molar-refractivity contribution in [1.82, 2.24) is 0 Å². The van der Waals surface area contributed by atoms with Crippen LogP contribution in [0.5, 0.6) is 0 Å². The first-order valence-electron chi connectivity index (χ1n) is 18.8. The van der Waals surface area contributed by atoms with Crippen LogP contribution in [0.25, 0.3) is 0 Å². The molecule has 2 fully saturated rings. The van der Waals surface area contributed by atoms with E-state index in [1.807, 2.05) is 0 Å². The normalized spacial score (nSPS) is 29.6. The quantitative estimate of drug-likeness (QED) is 0.138. The van der Waals surface area contributed by atoms with Crippen LogP contribution < -0.4 is 0 Å². The maximum atomic E-state index is 2.54. The van der Waals surface area contributed by atoms with Crippen molar-refractivity contribution in [3.63, 3.8) is 0 Å². The molecule has 0 nitrogen and oxygen atoms in total. The van der Waals surface area contributed by atoms with Crippen LogP contribution in [0, 0.1) is 58.2 Å². The van der Waals surface area contributed by atoms with E-state index in [9.17, 15) is 0 Å². The van der Waals surface area contributed by atoms with Crippen molar-refractivity contribution in [1.29, 1.82) is 0 Å². The summed E-state index contributed by atoms with van der Waals surface area (Å²) in [6, 6.07) is 0. The Labute approximate surface area is 255 Å². The van der Waals surface area contributed by atoms with Crippen molar-refractivity contribution in [2.45, 2.75) is 198 Å². The molecule has 8 unspecified atom stereocenters. The summed E-state index contributed by atoms with van der Waals surface area (Å²) in [6.45, 7) is 25.3. The molecule has 0 heterocycles. The minimum atomic E-state index is 0.576. The van der Waals surface area contributed by atoms with E-state index in [4.69, 9.17) is 0 Å². The highest BCUT2D eigenvalue weighted by molar-refractivity contribution is 4.87. The first kappa shape index (κ1) is 36.2. The van der Waals surface area contributed by atoms with Crippen molar-refractivity contribution < 1.29 is 0 Å². The zero-order valence-corrected chi connectivity index (χ0v) is 29.8. The Morgan fingerprint density at radius 3 is 1.10 bits per heavy atom. The first-order valence-corrected chi connectivity index (χ1v) is 18.8. The topological polar surface area (TPSA) is 0 Å². The third-order valence-corrected chi connectivity index (χ3v) is 12.7. The lowest BCUT2D eigenvalue weighted by Crippen LogP contribution is -2.33. The molecule has 0 heteroatoms. The fraction of sp³-hybridized carbons (Fsp3) is 1.00. The van der Waals surface area contributed by atoms with E-state index in [0.29, 0.717) is 10.8 Å². The van der Waals surface area contributed by atoms with Gasteiger partial charge in [0.2, 0.25) is 0 Å². The lowest BCUT2D eigenvalue weighted by molar-refractivity contribution is 0.0705. The van der Waals surface area contributed by atoms with Crippen LogP contribution in [-0.4, -0.2) is 0 Å². The summed E-state index contributed by atoms with van der Waals surface area (Å²) in [4.78, 5) is 0. The van der Waals surface area contributed by atoms with Gasteiger partial charge in [0.1, 0.15) is 0 Å². The SMILES string of the molecule is CC(CCCCC(C)CCCC(C)CCC1C(C)CCCC1(C)C)CCCC(C)CCC1C(C)CCCC1(C)C. The second-order valence-electron chi connectivity index (χ2n) is 17.7. The number of hydrogen-bond acceptors (Lipinski definition) is 0. The highest BCUT2D eigenvalue weighted by atomic mass is 14.4. The summed E-state index contributed by atoms with van der Waals surface area (Å²) in [5.74, 6) is 7.49. The summed E-state index contributed by atoms with van der Waals surface area (Å²) in [5.41, 5.74) is 1.15. The minimum Gasteiger partial charge on any atom is -0.0625 e. The zero-order chi connectivity index (χ0) is 29.8. The van der Waals surface area contributed by atoms with Gasteiger partial charge < -0.3 is 0 Å². The van der Waals surface area contributed by atoms with Crippen molar-refractivity contribution in [3.8, 4) is 0 Å². The van der Waals surface area contributed by atoms with E-state index >= 15 is 0 Å². The lowest BCUT2D eigenvalue weighted by Gasteiger charge is -2.43. The third-order valence-electron chi connectivity index (χ3n) is 12.7. The Morgan fingerprint density at radius 2 is 0.775 bits per heavy atom. The number of unbranched alkanes of at least 4 members (excludes halogenated alkanes) is 1. The van der Waals surface area contributed by atoms with E-state index < -0.39 is 0 Å². The molecular weight excluding hydrogens is 480 g/mol. The van der Waals surface area contributed by atoms with Gasteiger partial charge in [-0.2, -0.15) is 0 Å². The molecule has 0 aromatic carbocycles. The van der Waals surface area contributed by atoms with Crippen LogP contribution >= 0.6 is 0 Å². The fourth-order valence-electron chi connectivity index (χ4n) is 9.54. The second-order valence-corrected chi connectivity index (χ2v) is 17.7. The molecule has 0 aliphatic heterocycles. The van der Waals surface area contributed by atoms with Crippen LogP contribution in [0.2, 0.25) is 0 Å². The fourth-order valence-corrected chi connectivity index (χ4v) is 9.54. The molecule has 2 aliphatic rings. The van der Waals surface area contributed by atoms with Gasteiger partial charge in [-0.05, 0) is 83.9 Å². The summed E-state index contributed by atoms with van der Waals surface area (Å²) >= 11 is 0. The average Bonchev–Trinajstić information content (AvgIpc) is 2.85. The van der Waals surface area contributed by atoms with Crippen molar-refractivity contribution in [2.24, 2.45) is 58.2 Å². The summed E-state index contributed by atoms with van der Waals surface area (Å²) < 4.78 is 0. The molecule has 0 saturated heterocycles. The highest BCUT2D eigenvalue weighted by Crippen LogP contribution is 2.47. The molecule has 2 saturated carbocycles. The van der Waals surface area contributed by atoms with Crippen LogP contribution in [0.15, 0.2) is 0 Å². The van der Waals surface area contributed by atoms with Gasteiger partial charge in [-0.1, -0.05) is 172 Å². The zero-order valence-electron chi connectivity index (χ0n) is 29.8. The molecule has 238 valence electrons. The average molecular weight is 559 g/mol. The van der Waals surface area contributed by atoms with Gasteiger partial charge in [0.15, 0.2) is 0 Å². The standard InChI is InChI=1S/C40H78/c1-31(19-13-21-33(3)25-27-37-35(5)23-15-29-39(37,7)8)17-11-12-18-32(2)20-14-22-34(4)26-28-38-36(6)24-16-30-40(38,9)10/h31-38H,11-30H2,1-10H3.